The van der Waals surface area contributed by atoms with Gasteiger partial charge in [0, 0.05) is 23.8 Å². The Hall–Kier alpha value is -4.45. The Bertz CT molecular complexity index is 1580. The van der Waals surface area contributed by atoms with E-state index in [0.29, 0.717) is 5.92 Å². The van der Waals surface area contributed by atoms with Crippen LogP contribution in [-0.2, 0) is 0 Å². The number of alkyl halides is 3. The Morgan fingerprint density at radius 2 is 1.77 bits per heavy atom. The Morgan fingerprint density at radius 3 is 2.38 bits per heavy atom. The highest BCUT2D eigenvalue weighted by Crippen LogP contribution is 2.29. The minimum absolute atomic E-state index is 0.0603. The second-order valence-corrected chi connectivity index (χ2v) is 9.48. The quantitative estimate of drug-likeness (QED) is 0.317. The normalized spacial score (nSPS) is 14.8. The third-order valence-corrected chi connectivity index (χ3v) is 7.00. The van der Waals surface area contributed by atoms with Crippen molar-refractivity contribution in [1.29, 1.82) is 0 Å². The van der Waals surface area contributed by atoms with Crippen LogP contribution in [0.1, 0.15) is 41.6 Å². The van der Waals surface area contributed by atoms with Crippen LogP contribution < -0.4 is 15.5 Å². The van der Waals surface area contributed by atoms with Crippen molar-refractivity contribution < 1.29 is 27.8 Å². The molecule has 0 aliphatic carbocycles. The van der Waals surface area contributed by atoms with Gasteiger partial charge in [-0.05, 0) is 80.4 Å². The first-order valence-corrected chi connectivity index (χ1v) is 12.7. The van der Waals surface area contributed by atoms with Gasteiger partial charge in [-0.2, -0.15) is 4.98 Å². The number of aromatic nitrogens is 3. The first kappa shape index (κ1) is 27.1. The van der Waals surface area contributed by atoms with E-state index in [4.69, 9.17) is 0 Å². The van der Waals surface area contributed by atoms with Gasteiger partial charge in [0.2, 0.25) is 11.4 Å². The van der Waals surface area contributed by atoms with E-state index in [0.717, 1.165) is 56.5 Å². The Morgan fingerprint density at radius 1 is 1.10 bits per heavy atom. The standard InChI is InChI=1S/C28H26F3N5O4/c1-2-35-13-11-18(12-14-35)17-3-5-19(6-4-17)33-27-32-15-22-24(37)23(26(38)39)16-36(25(22)34-27)20-7-9-21(10-8-20)40-28(29,30)31/h3-10,15-16,18H,2,11-14H2,1H3,(H,38,39)(H,32,33,34). The van der Waals surface area contributed by atoms with Crippen molar-refractivity contribution in [3.8, 4) is 11.4 Å². The zero-order valence-corrected chi connectivity index (χ0v) is 21.5. The summed E-state index contributed by atoms with van der Waals surface area (Å²) in [6.07, 6.45) is -0.336. The zero-order chi connectivity index (χ0) is 28.4. The van der Waals surface area contributed by atoms with Crippen LogP contribution in [-0.4, -0.2) is 56.5 Å². The van der Waals surface area contributed by atoms with Gasteiger partial charge in [-0.1, -0.05) is 19.1 Å². The van der Waals surface area contributed by atoms with Crippen LogP contribution in [0.2, 0.25) is 0 Å². The molecule has 1 aliphatic rings. The minimum Gasteiger partial charge on any atom is -0.477 e. The third-order valence-electron chi connectivity index (χ3n) is 7.00. The fourth-order valence-corrected chi connectivity index (χ4v) is 4.88. The highest BCUT2D eigenvalue weighted by Gasteiger charge is 2.31. The number of fused-ring (bicyclic) bond motifs is 1. The van der Waals surface area contributed by atoms with Crippen molar-refractivity contribution in [2.24, 2.45) is 0 Å². The molecule has 4 aromatic rings. The average molecular weight is 554 g/mol. The van der Waals surface area contributed by atoms with E-state index in [-0.39, 0.29) is 22.7 Å². The molecule has 5 rings (SSSR count). The molecule has 208 valence electrons. The second-order valence-electron chi connectivity index (χ2n) is 9.48. The summed E-state index contributed by atoms with van der Waals surface area (Å²) in [6.45, 7) is 5.39. The van der Waals surface area contributed by atoms with Crippen molar-refractivity contribution in [3.63, 3.8) is 0 Å². The maximum atomic E-state index is 12.8. The van der Waals surface area contributed by atoms with E-state index < -0.39 is 29.1 Å². The lowest BCUT2D eigenvalue weighted by atomic mass is 9.89. The SMILES string of the molecule is CCN1CCC(c2ccc(Nc3ncc4c(=O)c(C(=O)O)cn(-c5ccc(OC(F)(F)F)cc5)c4n3)cc2)CC1. The molecule has 2 N–H and O–H groups in total. The van der Waals surface area contributed by atoms with E-state index in [1.807, 2.05) is 12.1 Å². The summed E-state index contributed by atoms with van der Waals surface area (Å²) in [5.41, 5.74) is 1.02. The minimum atomic E-state index is -4.86. The molecule has 1 saturated heterocycles. The van der Waals surface area contributed by atoms with Gasteiger partial charge in [-0.25, -0.2) is 9.78 Å². The molecule has 2 aromatic carbocycles. The topological polar surface area (TPSA) is 110 Å². The Balaban J connectivity index is 1.45. The molecule has 0 bridgehead atoms. The van der Waals surface area contributed by atoms with Gasteiger partial charge in [-0.15, -0.1) is 13.2 Å². The molecular weight excluding hydrogens is 527 g/mol. The first-order chi connectivity index (χ1) is 19.1. The van der Waals surface area contributed by atoms with E-state index in [1.54, 1.807) is 0 Å². The molecule has 9 nitrogen and oxygen atoms in total. The molecule has 0 radical (unpaired) electrons. The number of nitrogens with one attached hydrogen (secondary N) is 1. The maximum absolute atomic E-state index is 12.8. The van der Waals surface area contributed by atoms with Crippen molar-refractivity contribution in [2.75, 3.05) is 25.0 Å². The predicted molar refractivity (Wildman–Crippen MR) is 143 cm³/mol. The van der Waals surface area contributed by atoms with Crippen molar-refractivity contribution >= 4 is 28.6 Å². The summed E-state index contributed by atoms with van der Waals surface area (Å²) < 4.78 is 43.0. The summed E-state index contributed by atoms with van der Waals surface area (Å²) >= 11 is 0. The number of likely N-dealkylation sites (tertiary alicyclic amines) is 1. The highest BCUT2D eigenvalue weighted by molar-refractivity contribution is 5.92. The summed E-state index contributed by atoms with van der Waals surface area (Å²) in [6, 6.07) is 12.8. The lowest BCUT2D eigenvalue weighted by Gasteiger charge is -2.31. The molecule has 2 aromatic heterocycles. The largest absolute Gasteiger partial charge is 0.573 e. The molecule has 0 spiro atoms. The lowest BCUT2D eigenvalue weighted by Crippen LogP contribution is -2.32. The molecule has 1 aliphatic heterocycles. The fraction of sp³-hybridized carbons (Fsp3) is 0.286. The molecule has 0 saturated carbocycles. The number of hydrogen-bond donors (Lipinski definition) is 2. The molecular formula is C28H26F3N5O4. The third kappa shape index (κ3) is 5.91. The van der Waals surface area contributed by atoms with Crippen molar-refractivity contribution in [2.45, 2.75) is 32.0 Å². The summed E-state index contributed by atoms with van der Waals surface area (Å²) in [4.78, 5) is 35.6. The molecule has 0 amide bonds. The monoisotopic (exact) mass is 553 g/mol. The van der Waals surface area contributed by atoms with Crippen molar-refractivity contribution in [3.05, 3.63) is 82.3 Å². The molecule has 1 fully saturated rings. The van der Waals surface area contributed by atoms with Crippen LogP contribution in [0.4, 0.5) is 24.8 Å². The summed E-state index contributed by atoms with van der Waals surface area (Å²) in [7, 11) is 0. The Kier molecular flexibility index (Phi) is 7.44. The number of hydrogen-bond acceptors (Lipinski definition) is 7. The van der Waals surface area contributed by atoms with Gasteiger partial charge in [0.15, 0.2) is 5.65 Å². The number of rotatable bonds is 7. The zero-order valence-electron chi connectivity index (χ0n) is 21.5. The number of anilines is 2. The lowest BCUT2D eigenvalue weighted by molar-refractivity contribution is -0.274. The van der Waals surface area contributed by atoms with Gasteiger partial charge < -0.3 is 24.6 Å². The number of aromatic carboxylic acids is 1. The van der Waals surface area contributed by atoms with Crippen LogP contribution in [0, 0.1) is 0 Å². The summed E-state index contributed by atoms with van der Waals surface area (Å²) in [5, 5.41) is 12.6. The van der Waals surface area contributed by atoms with Gasteiger partial charge in [0.1, 0.15) is 11.3 Å². The fourth-order valence-electron chi connectivity index (χ4n) is 4.88. The van der Waals surface area contributed by atoms with Gasteiger partial charge in [0.05, 0.1) is 5.39 Å². The molecule has 3 heterocycles. The van der Waals surface area contributed by atoms with Gasteiger partial charge >= 0.3 is 12.3 Å². The molecule has 40 heavy (non-hydrogen) atoms. The second kappa shape index (κ2) is 11.0. The number of carbonyl (C=O) groups is 1. The van der Waals surface area contributed by atoms with E-state index >= 15 is 0 Å². The van der Waals surface area contributed by atoms with E-state index in [1.165, 1.54) is 28.5 Å². The number of carboxylic acids is 1. The van der Waals surface area contributed by atoms with Crippen LogP contribution in [0.3, 0.4) is 0 Å². The molecule has 0 atom stereocenters. The Labute approximate surface area is 226 Å². The highest BCUT2D eigenvalue weighted by atomic mass is 19.4. The number of carboxylic acid groups (broad SMARTS) is 1. The number of benzene rings is 2. The van der Waals surface area contributed by atoms with Crippen LogP contribution in [0.25, 0.3) is 16.7 Å². The van der Waals surface area contributed by atoms with E-state index in [2.05, 4.69) is 44.0 Å². The first-order valence-electron chi connectivity index (χ1n) is 12.7. The number of halogens is 3. The number of nitrogens with zero attached hydrogens (tertiary/aromatic N) is 4. The van der Waals surface area contributed by atoms with Crippen molar-refractivity contribution in [1.82, 2.24) is 19.4 Å². The van der Waals surface area contributed by atoms with Gasteiger partial charge in [-0.3, -0.25) is 4.79 Å². The number of pyridine rings is 1. The molecule has 12 heteroatoms. The van der Waals surface area contributed by atoms with Crippen LogP contribution in [0.15, 0.2) is 65.7 Å². The number of ether oxygens (including phenoxy) is 1. The smallest absolute Gasteiger partial charge is 0.477 e. The predicted octanol–water partition coefficient (Wildman–Crippen LogP) is 5.32. The number of piperidine rings is 1. The van der Waals surface area contributed by atoms with Crippen LogP contribution in [0.5, 0.6) is 5.75 Å². The molecule has 0 unspecified atom stereocenters. The van der Waals surface area contributed by atoms with Crippen LogP contribution >= 0.6 is 0 Å². The average Bonchev–Trinajstić information content (AvgIpc) is 2.93. The summed E-state index contributed by atoms with van der Waals surface area (Å²) in [5.74, 6) is -1.25. The van der Waals surface area contributed by atoms with Gasteiger partial charge in [0.25, 0.3) is 0 Å². The maximum Gasteiger partial charge on any atom is 0.573 e. The van der Waals surface area contributed by atoms with E-state index in [9.17, 15) is 27.9 Å².